The first kappa shape index (κ1) is 19.0. The van der Waals surface area contributed by atoms with E-state index in [2.05, 4.69) is 10.4 Å². The summed E-state index contributed by atoms with van der Waals surface area (Å²) < 4.78 is 6.80. The van der Waals surface area contributed by atoms with Crippen LogP contribution in [0.5, 0.6) is 5.75 Å². The summed E-state index contributed by atoms with van der Waals surface area (Å²) in [4.78, 5) is 26.9. The smallest absolute Gasteiger partial charge is 0.253 e. The summed E-state index contributed by atoms with van der Waals surface area (Å²) in [7, 11) is 1.59. The third kappa shape index (κ3) is 3.95. The molecule has 8 heteroatoms. The first-order valence-corrected chi connectivity index (χ1v) is 9.48. The number of halogens is 1. The third-order valence-electron chi connectivity index (χ3n) is 4.81. The van der Waals surface area contributed by atoms with Gasteiger partial charge in [0.15, 0.2) is 0 Å². The summed E-state index contributed by atoms with van der Waals surface area (Å²) in [5.41, 5.74) is 1.84. The van der Waals surface area contributed by atoms with Crippen molar-refractivity contribution in [3.63, 3.8) is 0 Å². The molecular weight excluding hydrogens is 392 g/mol. The Morgan fingerprint density at radius 2 is 1.97 bits per heavy atom. The minimum atomic E-state index is -0.321. The highest BCUT2D eigenvalue weighted by molar-refractivity contribution is 6.34. The predicted octanol–water partition coefficient (Wildman–Crippen LogP) is 3.07. The molecule has 1 saturated heterocycles. The Morgan fingerprint density at radius 3 is 2.66 bits per heavy atom. The van der Waals surface area contributed by atoms with Gasteiger partial charge in [-0.15, -0.1) is 0 Å². The summed E-state index contributed by atoms with van der Waals surface area (Å²) in [6.07, 6.45) is 3.67. The highest BCUT2D eigenvalue weighted by Crippen LogP contribution is 2.25. The van der Waals surface area contributed by atoms with Gasteiger partial charge in [-0.1, -0.05) is 11.6 Å². The second kappa shape index (κ2) is 7.97. The number of carbonyl (C=O) groups is 2. The number of aromatic nitrogens is 2. The van der Waals surface area contributed by atoms with E-state index in [-0.39, 0.29) is 24.3 Å². The molecular formula is C21H19ClN4O3. The van der Waals surface area contributed by atoms with E-state index < -0.39 is 0 Å². The fourth-order valence-electron chi connectivity index (χ4n) is 3.33. The molecule has 0 saturated carbocycles. The normalized spacial score (nSPS) is 16.1. The Labute approximate surface area is 172 Å². The lowest BCUT2D eigenvalue weighted by Gasteiger charge is -2.18. The number of hydrogen-bond acceptors (Lipinski definition) is 4. The highest BCUT2D eigenvalue weighted by atomic mass is 35.5. The van der Waals surface area contributed by atoms with Crippen LogP contribution in [0.4, 0.5) is 5.69 Å². The number of benzene rings is 2. The SMILES string of the molecule is COc1ccc(N2C[C@H](NC(=O)c3cc(-n4cccn4)ccc3Cl)CC2=O)cc1. The molecule has 0 aliphatic carbocycles. The average molecular weight is 411 g/mol. The molecule has 1 aromatic heterocycles. The van der Waals surface area contributed by atoms with Crippen LogP contribution in [-0.4, -0.2) is 41.3 Å². The van der Waals surface area contributed by atoms with Crippen LogP contribution in [0.15, 0.2) is 60.9 Å². The van der Waals surface area contributed by atoms with Gasteiger partial charge in [-0.2, -0.15) is 5.10 Å². The van der Waals surface area contributed by atoms with E-state index in [1.165, 1.54) is 0 Å². The Morgan fingerprint density at radius 1 is 1.21 bits per heavy atom. The van der Waals surface area contributed by atoms with Crippen LogP contribution in [0.3, 0.4) is 0 Å². The van der Waals surface area contributed by atoms with E-state index in [1.54, 1.807) is 65.5 Å². The second-order valence-electron chi connectivity index (χ2n) is 6.69. The Hall–Kier alpha value is -3.32. The van der Waals surface area contributed by atoms with Gasteiger partial charge in [-0.25, -0.2) is 4.68 Å². The van der Waals surface area contributed by atoms with Gasteiger partial charge in [0.1, 0.15) is 5.75 Å². The van der Waals surface area contributed by atoms with E-state index in [0.717, 1.165) is 17.1 Å². The molecule has 29 heavy (non-hydrogen) atoms. The molecule has 1 aliphatic heterocycles. The number of rotatable bonds is 5. The number of hydrogen-bond donors (Lipinski definition) is 1. The predicted molar refractivity (Wildman–Crippen MR) is 110 cm³/mol. The van der Waals surface area contributed by atoms with E-state index >= 15 is 0 Å². The van der Waals surface area contributed by atoms with Crippen molar-refractivity contribution in [1.82, 2.24) is 15.1 Å². The van der Waals surface area contributed by atoms with Gasteiger partial charge in [-0.3, -0.25) is 9.59 Å². The van der Waals surface area contributed by atoms with Crippen LogP contribution in [0.2, 0.25) is 5.02 Å². The summed E-state index contributed by atoms with van der Waals surface area (Å²) in [6, 6.07) is 13.9. The van der Waals surface area contributed by atoms with Gasteiger partial charge < -0.3 is 15.0 Å². The lowest BCUT2D eigenvalue weighted by atomic mass is 10.1. The molecule has 0 spiro atoms. The van der Waals surface area contributed by atoms with Crippen LogP contribution in [0.25, 0.3) is 5.69 Å². The van der Waals surface area contributed by atoms with Crippen LogP contribution in [-0.2, 0) is 4.79 Å². The summed E-state index contributed by atoms with van der Waals surface area (Å²) >= 11 is 6.24. The number of carbonyl (C=O) groups excluding carboxylic acids is 2. The number of nitrogens with zero attached hydrogens (tertiary/aromatic N) is 3. The monoisotopic (exact) mass is 410 g/mol. The van der Waals surface area contributed by atoms with E-state index in [0.29, 0.717) is 17.1 Å². The van der Waals surface area contributed by atoms with Crippen LogP contribution >= 0.6 is 11.6 Å². The molecule has 1 aliphatic rings. The Kier molecular flexibility index (Phi) is 5.22. The highest BCUT2D eigenvalue weighted by Gasteiger charge is 2.32. The maximum absolute atomic E-state index is 12.8. The summed E-state index contributed by atoms with van der Waals surface area (Å²) in [6.45, 7) is 0.396. The lowest BCUT2D eigenvalue weighted by Crippen LogP contribution is -2.37. The number of nitrogens with one attached hydrogen (secondary N) is 1. The largest absolute Gasteiger partial charge is 0.497 e. The number of amides is 2. The molecule has 3 aromatic rings. The summed E-state index contributed by atoms with van der Waals surface area (Å²) in [5.74, 6) is 0.354. The topological polar surface area (TPSA) is 76.5 Å². The van der Waals surface area contributed by atoms with E-state index in [1.807, 2.05) is 12.1 Å². The fourth-order valence-corrected chi connectivity index (χ4v) is 3.53. The maximum atomic E-state index is 12.8. The quantitative estimate of drug-likeness (QED) is 0.701. The van der Waals surface area contributed by atoms with Crippen molar-refractivity contribution in [1.29, 1.82) is 0 Å². The van der Waals surface area contributed by atoms with Crippen LogP contribution < -0.4 is 15.0 Å². The molecule has 0 unspecified atom stereocenters. The van der Waals surface area contributed by atoms with Gasteiger partial charge in [0, 0.05) is 31.0 Å². The molecule has 1 atom stereocenters. The molecule has 2 heterocycles. The van der Waals surface area contributed by atoms with Gasteiger partial charge >= 0.3 is 0 Å². The second-order valence-corrected chi connectivity index (χ2v) is 7.10. The molecule has 2 amide bonds. The third-order valence-corrected chi connectivity index (χ3v) is 5.14. The standard InChI is InChI=1S/C21H19ClN4O3/c1-29-17-6-3-15(4-7-17)25-13-14(11-20(25)27)24-21(28)18-12-16(5-8-19(18)22)26-10-2-9-23-26/h2-10,12,14H,11,13H2,1H3,(H,24,28)/t14-/m1/s1. The van der Waals surface area contributed by atoms with Gasteiger partial charge in [0.25, 0.3) is 5.91 Å². The zero-order valence-electron chi connectivity index (χ0n) is 15.7. The van der Waals surface area contributed by atoms with E-state index in [9.17, 15) is 9.59 Å². The zero-order chi connectivity index (χ0) is 20.4. The minimum Gasteiger partial charge on any atom is -0.497 e. The van der Waals surface area contributed by atoms with Gasteiger partial charge in [0.2, 0.25) is 5.91 Å². The number of methoxy groups -OCH3 is 1. The van der Waals surface area contributed by atoms with Crippen molar-refractivity contribution in [3.8, 4) is 11.4 Å². The molecule has 4 rings (SSSR count). The van der Waals surface area contributed by atoms with Crippen LogP contribution in [0.1, 0.15) is 16.8 Å². The molecule has 1 N–H and O–H groups in total. The molecule has 7 nitrogen and oxygen atoms in total. The minimum absolute atomic E-state index is 0.0446. The maximum Gasteiger partial charge on any atom is 0.253 e. The molecule has 1 fully saturated rings. The van der Waals surface area contributed by atoms with Gasteiger partial charge in [0.05, 0.1) is 29.4 Å². The summed E-state index contributed by atoms with van der Waals surface area (Å²) in [5, 5.41) is 7.43. The fraction of sp³-hybridized carbons (Fsp3) is 0.190. The average Bonchev–Trinajstić information content (AvgIpc) is 3.38. The first-order chi connectivity index (χ1) is 14.0. The van der Waals surface area contributed by atoms with Crippen molar-refractivity contribution in [3.05, 3.63) is 71.5 Å². The van der Waals surface area contributed by atoms with Crippen molar-refractivity contribution in [2.75, 3.05) is 18.6 Å². The Balaban J connectivity index is 1.47. The van der Waals surface area contributed by atoms with E-state index in [4.69, 9.17) is 16.3 Å². The lowest BCUT2D eigenvalue weighted by molar-refractivity contribution is -0.117. The molecule has 0 bridgehead atoms. The van der Waals surface area contributed by atoms with Crippen molar-refractivity contribution in [2.45, 2.75) is 12.5 Å². The van der Waals surface area contributed by atoms with Crippen molar-refractivity contribution >= 4 is 29.1 Å². The van der Waals surface area contributed by atoms with Crippen molar-refractivity contribution in [2.24, 2.45) is 0 Å². The molecule has 2 aromatic carbocycles. The molecule has 148 valence electrons. The number of ether oxygens (including phenoxy) is 1. The van der Waals surface area contributed by atoms with Crippen molar-refractivity contribution < 1.29 is 14.3 Å². The Bertz CT molecular complexity index is 1030. The van der Waals surface area contributed by atoms with Crippen LogP contribution in [0, 0.1) is 0 Å². The molecule has 0 radical (unpaired) electrons. The van der Waals surface area contributed by atoms with Gasteiger partial charge in [-0.05, 0) is 48.5 Å². The zero-order valence-corrected chi connectivity index (χ0v) is 16.5. The number of anilines is 1. The first-order valence-electron chi connectivity index (χ1n) is 9.10.